The first kappa shape index (κ1) is 13.6. The van der Waals surface area contributed by atoms with Crippen molar-refractivity contribution in [2.24, 2.45) is 0 Å². The molecule has 0 radical (unpaired) electrons. The molecule has 2 aromatic rings. The molecule has 0 atom stereocenters. The minimum atomic E-state index is 0.652. The first-order valence-electron chi connectivity index (χ1n) is 6.44. The maximum Gasteiger partial charge on any atom is 0.0713 e. The molecule has 0 saturated heterocycles. The van der Waals surface area contributed by atoms with Crippen molar-refractivity contribution in [2.45, 2.75) is 27.0 Å². The Morgan fingerprint density at radius 1 is 1.11 bits per heavy atom. The SMILES string of the molecule is COCc1cccc(CNc2ccc(C)nc2C)c1. The number of aromatic nitrogens is 1. The number of hydrogen-bond donors (Lipinski definition) is 1. The normalized spacial score (nSPS) is 10.5. The van der Waals surface area contributed by atoms with Gasteiger partial charge in [0.2, 0.25) is 0 Å². The highest BCUT2D eigenvalue weighted by molar-refractivity contribution is 5.48. The van der Waals surface area contributed by atoms with Gasteiger partial charge in [0.05, 0.1) is 18.0 Å². The van der Waals surface area contributed by atoms with Crippen molar-refractivity contribution in [1.29, 1.82) is 0 Å². The molecule has 19 heavy (non-hydrogen) atoms. The highest BCUT2D eigenvalue weighted by Crippen LogP contribution is 2.14. The van der Waals surface area contributed by atoms with Gasteiger partial charge < -0.3 is 10.1 Å². The van der Waals surface area contributed by atoms with Crippen LogP contribution in [-0.4, -0.2) is 12.1 Å². The van der Waals surface area contributed by atoms with Gasteiger partial charge in [-0.25, -0.2) is 0 Å². The third-order valence-corrected chi connectivity index (χ3v) is 3.01. The highest BCUT2D eigenvalue weighted by atomic mass is 16.5. The summed E-state index contributed by atoms with van der Waals surface area (Å²) >= 11 is 0. The van der Waals surface area contributed by atoms with Gasteiger partial charge in [0, 0.05) is 19.3 Å². The number of hydrogen-bond acceptors (Lipinski definition) is 3. The predicted octanol–water partition coefficient (Wildman–Crippen LogP) is 3.46. The Morgan fingerprint density at radius 3 is 2.63 bits per heavy atom. The van der Waals surface area contributed by atoms with Crippen LogP contribution in [-0.2, 0) is 17.9 Å². The van der Waals surface area contributed by atoms with Crippen LogP contribution in [0.25, 0.3) is 0 Å². The van der Waals surface area contributed by atoms with Gasteiger partial charge in [-0.2, -0.15) is 0 Å². The van der Waals surface area contributed by atoms with Crippen LogP contribution in [0.4, 0.5) is 5.69 Å². The average Bonchev–Trinajstić information content (AvgIpc) is 2.38. The summed E-state index contributed by atoms with van der Waals surface area (Å²) in [6, 6.07) is 12.5. The summed E-state index contributed by atoms with van der Waals surface area (Å²) in [5.41, 5.74) is 5.61. The van der Waals surface area contributed by atoms with E-state index in [2.05, 4.69) is 40.6 Å². The number of nitrogens with zero attached hydrogens (tertiary/aromatic N) is 1. The summed E-state index contributed by atoms with van der Waals surface area (Å²) in [7, 11) is 1.71. The van der Waals surface area contributed by atoms with Crippen LogP contribution in [0.15, 0.2) is 36.4 Å². The zero-order chi connectivity index (χ0) is 13.7. The predicted molar refractivity (Wildman–Crippen MR) is 78.2 cm³/mol. The molecule has 0 unspecified atom stereocenters. The minimum Gasteiger partial charge on any atom is -0.380 e. The van der Waals surface area contributed by atoms with E-state index in [1.54, 1.807) is 7.11 Å². The summed E-state index contributed by atoms with van der Waals surface area (Å²) in [5, 5.41) is 3.42. The number of benzene rings is 1. The van der Waals surface area contributed by atoms with Gasteiger partial charge in [-0.3, -0.25) is 4.98 Å². The minimum absolute atomic E-state index is 0.652. The summed E-state index contributed by atoms with van der Waals surface area (Å²) in [5.74, 6) is 0. The van der Waals surface area contributed by atoms with E-state index < -0.39 is 0 Å². The highest BCUT2D eigenvalue weighted by Gasteiger charge is 2.00. The van der Waals surface area contributed by atoms with Gasteiger partial charge in [0.25, 0.3) is 0 Å². The maximum absolute atomic E-state index is 5.15. The van der Waals surface area contributed by atoms with Crippen molar-refractivity contribution >= 4 is 5.69 Å². The first-order chi connectivity index (χ1) is 9.19. The Bertz CT molecular complexity index is 552. The molecular formula is C16H20N2O. The van der Waals surface area contributed by atoms with Crippen LogP contribution in [0.5, 0.6) is 0 Å². The molecule has 0 fully saturated rings. The molecule has 0 aliphatic heterocycles. The van der Waals surface area contributed by atoms with Gasteiger partial charge in [-0.15, -0.1) is 0 Å². The lowest BCUT2D eigenvalue weighted by atomic mass is 10.1. The van der Waals surface area contributed by atoms with Crippen molar-refractivity contribution in [3.8, 4) is 0 Å². The van der Waals surface area contributed by atoms with Gasteiger partial charge in [-0.1, -0.05) is 24.3 Å². The molecule has 100 valence electrons. The fourth-order valence-corrected chi connectivity index (χ4v) is 2.07. The van der Waals surface area contributed by atoms with Crippen molar-refractivity contribution in [3.63, 3.8) is 0 Å². The quantitative estimate of drug-likeness (QED) is 0.889. The van der Waals surface area contributed by atoms with Crippen LogP contribution < -0.4 is 5.32 Å². The Morgan fingerprint density at radius 2 is 1.89 bits per heavy atom. The summed E-state index contributed by atoms with van der Waals surface area (Å²) < 4.78 is 5.15. The van der Waals surface area contributed by atoms with E-state index in [1.807, 2.05) is 19.9 Å². The van der Waals surface area contributed by atoms with Crippen LogP contribution in [0.3, 0.4) is 0 Å². The Hall–Kier alpha value is -1.87. The molecule has 0 amide bonds. The smallest absolute Gasteiger partial charge is 0.0713 e. The first-order valence-corrected chi connectivity index (χ1v) is 6.44. The van der Waals surface area contributed by atoms with Crippen LogP contribution in [0.1, 0.15) is 22.5 Å². The van der Waals surface area contributed by atoms with E-state index in [4.69, 9.17) is 4.74 Å². The number of aryl methyl sites for hydroxylation is 2. The van der Waals surface area contributed by atoms with Gasteiger partial charge in [-0.05, 0) is 37.1 Å². The van der Waals surface area contributed by atoms with Crippen LogP contribution in [0, 0.1) is 13.8 Å². The van der Waals surface area contributed by atoms with Gasteiger partial charge >= 0.3 is 0 Å². The van der Waals surface area contributed by atoms with Gasteiger partial charge in [0.1, 0.15) is 0 Å². The topological polar surface area (TPSA) is 34.1 Å². The number of pyridine rings is 1. The summed E-state index contributed by atoms with van der Waals surface area (Å²) in [6.07, 6.45) is 0. The van der Waals surface area contributed by atoms with Crippen molar-refractivity contribution in [1.82, 2.24) is 4.98 Å². The standard InChI is InChI=1S/C16H20N2O/c1-12-7-8-16(13(2)18-12)17-10-14-5-4-6-15(9-14)11-19-3/h4-9,17H,10-11H2,1-3H3. The third kappa shape index (κ3) is 3.80. The maximum atomic E-state index is 5.15. The number of anilines is 1. The lowest BCUT2D eigenvalue weighted by Crippen LogP contribution is -2.03. The van der Waals surface area contributed by atoms with E-state index in [0.29, 0.717) is 6.61 Å². The fourth-order valence-electron chi connectivity index (χ4n) is 2.07. The molecule has 0 spiro atoms. The van der Waals surface area contributed by atoms with E-state index in [1.165, 1.54) is 11.1 Å². The third-order valence-electron chi connectivity index (χ3n) is 3.01. The molecule has 3 nitrogen and oxygen atoms in total. The zero-order valence-electron chi connectivity index (χ0n) is 11.7. The van der Waals surface area contributed by atoms with Crippen molar-refractivity contribution in [3.05, 3.63) is 58.9 Å². The second-order valence-electron chi connectivity index (χ2n) is 4.69. The molecule has 1 aromatic carbocycles. The van der Waals surface area contributed by atoms with Gasteiger partial charge in [0.15, 0.2) is 0 Å². The van der Waals surface area contributed by atoms with E-state index in [9.17, 15) is 0 Å². The zero-order valence-corrected chi connectivity index (χ0v) is 11.7. The molecule has 3 heteroatoms. The Labute approximate surface area is 114 Å². The number of methoxy groups -OCH3 is 1. The van der Waals surface area contributed by atoms with E-state index >= 15 is 0 Å². The Balaban J connectivity index is 2.03. The average molecular weight is 256 g/mol. The van der Waals surface area contributed by atoms with Crippen molar-refractivity contribution < 1.29 is 4.74 Å². The molecule has 1 N–H and O–H groups in total. The number of nitrogens with one attached hydrogen (secondary N) is 1. The largest absolute Gasteiger partial charge is 0.380 e. The van der Waals surface area contributed by atoms with Crippen molar-refractivity contribution in [2.75, 3.05) is 12.4 Å². The molecule has 0 aliphatic rings. The lowest BCUT2D eigenvalue weighted by Gasteiger charge is -2.10. The lowest BCUT2D eigenvalue weighted by molar-refractivity contribution is 0.185. The second kappa shape index (κ2) is 6.34. The van der Waals surface area contributed by atoms with Crippen LogP contribution >= 0.6 is 0 Å². The molecular weight excluding hydrogens is 236 g/mol. The number of rotatable bonds is 5. The molecule has 0 bridgehead atoms. The molecule has 0 saturated carbocycles. The van der Waals surface area contributed by atoms with Crippen LogP contribution in [0.2, 0.25) is 0 Å². The molecule has 1 heterocycles. The monoisotopic (exact) mass is 256 g/mol. The Kier molecular flexibility index (Phi) is 4.53. The number of ether oxygens (including phenoxy) is 1. The molecule has 1 aromatic heterocycles. The summed E-state index contributed by atoms with van der Waals surface area (Å²) in [6.45, 7) is 5.48. The summed E-state index contributed by atoms with van der Waals surface area (Å²) in [4.78, 5) is 4.45. The second-order valence-corrected chi connectivity index (χ2v) is 4.69. The molecule has 0 aliphatic carbocycles. The molecule has 2 rings (SSSR count). The fraction of sp³-hybridized carbons (Fsp3) is 0.312. The van der Waals surface area contributed by atoms with E-state index in [0.717, 1.165) is 23.6 Å². The van der Waals surface area contributed by atoms with E-state index in [-0.39, 0.29) is 0 Å².